The number of rotatable bonds is 5. The van der Waals surface area contributed by atoms with E-state index in [0.717, 1.165) is 29.7 Å². The molecule has 0 aliphatic rings. The fourth-order valence-electron chi connectivity index (χ4n) is 2.33. The summed E-state index contributed by atoms with van der Waals surface area (Å²) in [5.41, 5.74) is 9.88. The summed E-state index contributed by atoms with van der Waals surface area (Å²) in [5, 5.41) is 0. The second-order valence-corrected chi connectivity index (χ2v) is 4.71. The summed E-state index contributed by atoms with van der Waals surface area (Å²) in [5.74, 6) is 0.843. The summed E-state index contributed by atoms with van der Waals surface area (Å²) in [6.45, 7) is 2.19. The minimum Gasteiger partial charge on any atom is -0.496 e. The Balaban J connectivity index is 2.32. The molecule has 19 heavy (non-hydrogen) atoms. The van der Waals surface area contributed by atoms with Gasteiger partial charge in [0.25, 0.3) is 0 Å². The molecule has 2 N–H and O–H groups in total. The zero-order chi connectivity index (χ0) is 13.7. The van der Waals surface area contributed by atoms with Crippen LogP contribution in [-0.2, 0) is 6.42 Å². The monoisotopic (exact) mass is 255 g/mol. The highest BCUT2D eigenvalue weighted by atomic mass is 16.5. The number of para-hydroxylation sites is 1. The van der Waals surface area contributed by atoms with Crippen molar-refractivity contribution >= 4 is 0 Å². The van der Waals surface area contributed by atoms with Crippen molar-refractivity contribution in [1.82, 2.24) is 0 Å². The van der Waals surface area contributed by atoms with Crippen LogP contribution in [0.25, 0.3) is 0 Å². The molecule has 0 fully saturated rings. The Morgan fingerprint density at radius 2 is 1.89 bits per heavy atom. The average molecular weight is 255 g/mol. The van der Waals surface area contributed by atoms with Crippen molar-refractivity contribution in [1.29, 1.82) is 0 Å². The molecule has 0 aliphatic heterocycles. The van der Waals surface area contributed by atoms with Crippen molar-refractivity contribution in [2.45, 2.75) is 25.8 Å². The van der Waals surface area contributed by atoms with Crippen LogP contribution < -0.4 is 10.5 Å². The highest BCUT2D eigenvalue weighted by Gasteiger charge is 2.13. The third-order valence-corrected chi connectivity index (χ3v) is 3.32. The first-order chi connectivity index (χ1) is 9.26. The van der Waals surface area contributed by atoms with E-state index < -0.39 is 0 Å². The van der Waals surface area contributed by atoms with E-state index in [1.807, 2.05) is 24.3 Å². The minimum atomic E-state index is -0.145. The average Bonchev–Trinajstić information content (AvgIpc) is 2.47. The van der Waals surface area contributed by atoms with Crippen molar-refractivity contribution < 1.29 is 4.74 Å². The highest BCUT2D eigenvalue weighted by Crippen LogP contribution is 2.28. The standard InChI is InChI=1S/C17H21NO/c1-3-7-13-8-6-9-14(12-13)17(18)15-10-4-5-11-16(15)19-2/h4-6,8-12,17H,3,7,18H2,1-2H3. The Hall–Kier alpha value is -1.80. The van der Waals surface area contributed by atoms with Gasteiger partial charge in [-0.2, -0.15) is 0 Å². The maximum absolute atomic E-state index is 6.38. The molecule has 2 nitrogen and oxygen atoms in total. The third kappa shape index (κ3) is 3.15. The molecular weight excluding hydrogens is 234 g/mol. The third-order valence-electron chi connectivity index (χ3n) is 3.32. The number of benzene rings is 2. The van der Waals surface area contributed by atoms with Gasteiger partial charge in [-0.05, 0) is 23.6 Å². The Morgan fingerprint density at radius 3 is 2.63 bits per heavy atom. The SMILES string of the molecule is CCCc1cccc(C(N)c2ccccc2OC)c1. The summed E-state index contributed by atoms with van der Waals surface area (Å²) in [6.07, 6.45) is 2.24. The lowest BCUT2D eigenvalue weighted by Crippen LogP contribution is -2.13. The van der Waals surface area contributed by atoms with Crippen molar-refractivity contribution in [2.75, 3.05) is 7.11 Å². The quantitative estimate of drug-likeness (QED) is 0.884. The number of aryl methyl sites for hydroxylation is 1. The van der Waals surface area contributed by atoms with Crippen LogP contribution >= 0.6 is 0 Å². The summed E-state index contributed by atoms with van der Waals surface area (Å²) in [4.78, 5) is 0. The molecule has 1 atom stereocenters. The van der Waals surface area contributed by atoms with E-state index in [-0.39, 0.29) is 6.04 Å². The molecule has 0 bridgehead atoms. The van der Waals surface area contributed by atoms with Gasteiger partial charge in [0.2, 0.25) is 0 Å². The Bertz CT molecular complexity index is 536. The first-order valence-corrected chi connectivity index (χ1v) is 6.73. The van der Waals surface area contributed by atoms with Crippen LogP contribution in [0.1, 0.15) is 36.1 Å². The highest BCUT2D eigenvalue weighted by molar-refractivity contribution is 5.42. The zero-order valence-corrected chi connectivity index (χ0v) is 11.6. The van der Waals surface area contributed by atoms with E-state index in [2.05, 4.69) is 31.2 Å². The lowest BCUT2D eigenvalue weighted by Gasteiger charge is -2.16. The van der Waals surface area contributed by atoms with Crippen LogP contribution in [0.3, 0.4) is 0 Å². The molecule has 100 valence electrons. The van der Waals surface area contributed by atoms with Crippen LogP contribution in [0.15, 0.2) is 48.5 Å². The summed E-state index contributed by atoms with van der Waals surface area (Å²) in [7, 11) is 1.68. The van der Waals surface area contributed by atoms with Gasteiger partial charge in [-0.25, -0.2) is 0 Å². The van der Waals surface area contributed by atoms with E-state index >= 15 is 0 Å². The topological polar surface area (TPSA) is 35.2 Å². The van der Waals surface area contributed by atoms with E-state index in [1.54, 1.807) is 7.11 Å². The summed E-state index contributed by atoms with van der Waals surface area (Å²) >= 11 is 0. The van der Waals surface area contributed by atoms with Gasteiger partial charge in [0.15, 0.2) is 0 Å². The maximum Gasteiger partial charge on any atom is 0.123 e. The van der Waals surface area contributed by atoms with Crippen LogP contribution in [-0.4, -0.2) is 7.11 Å². The fourth-order valence-corrected chi connectivity index (χ4v) is 2.33. The molecule has 0 radical (unpaired) electrons. The molecule has 0 aromatic heterocycles. The normalized spacial score (nSPS) is 12.2. The van der Waals surface area contributed by atoms with E-state index in [1.165, 1.54) is 5.56 Å². The van der Waals surface area contributed by atoms with Crippen LogP contribution in [0.5, 0.6) is 5.75 Å². The van der Waals surface area contributed by atoms with E-state index in [0.29, 0.717) is 0 Å². The lowest BCUT2D eigenvalue weighted by atomic mass is 9.96. The Kier molecular flexibility index (Phi) is 4.58. The van der Waals surface area contributed by atoms with Crippen LogP contribution in [0, 0.1) is 0 Å². The molecule has 0 heterocycles. The van der Waals surface area contributed by atoms with Gasteiger partial charge in [0, 0.05) is 5.56 Å². The number of hydrogen-bond acceptors (Lipinski definition) is 2. The molecule has 2 heteroatoms. The van der Waals surface area contributed by atoms with Gasteiger partial charge in [-0.15, -0.1) is 0 Å². The van der Waals surface area contributed by atoms with E-state index in [4.69, 9.17) is 10.5 Å². The summed E-state index contributed by atoms with van der Waals surface area (Å²) < 4.78 is 5.39. The smallest absolute Gasteiger partial charge is 0.123 e. The molecule has 0 saturated heterocycles. The molecule has 0 spiro atoms. The molecule has 0 saturated carbocycles. The Labute approximate surface area is 115 Å². The molecule has 2 aromatic rings. The molecule has 2 rings (SSSR count). The second kappa shape index (κ2) is 6.39. The summed E-state index contributed by atoms with van der Waals surface area (Å²) in [6, 6.07) is 16.3. The molecular formula is C17H21NO. The Morgan fingerprint density at radius 1 is 1.11 bits per heavy atom. The first kappa shape index (κ1) is 13.6. The van der Waals surface area contributed by atoms with Gasteiger partial charge in [-0.3, -0.25) is 0 Å². The van der Waals surface area contributed by atoms with Crippen molar-refractivity contribution in [3.8, 4) is 5.75 Å². The van der Waals surface area contributed by atoms with Gasteiger partial charge in [0.05, 0.1) is 13.2 Å². The zero-order valence-electron chi connectivity index (χ0n) is 11.6. The molecule has 1 unspecified atom stereocenters. The van der Waals surface area contributed by atoms with Gasteiger partial charge < -0.3 is 10.5 Å². The number of ether oxygens (including phenoxy) is 1. The van der Waals surface area contributed by atoms with Gasteiger partial charge in [0.1, 0.15) is 5.75 Å². The predicted molar refractivity (Wildman–Crippen MR) is 79.5 cm³/mol. The number of hydrogen-bond donors (Lipinski definition) is 1. The van der Waals surface area contributed by atoms with Crippen molar-refractivity contribution in [3.63, 3.8) is 0 Å². The number of nitrogens with two attached hydrogens (primary N) is 1. The first-order valence-electron chi connectivity index (χ1n) is 6.73. The molecule has 2 aromatic carbocycles. The van der Waals surface area contributed by atoms with Crippen LogP contribution in [0.4, 0.5) is 0 Å². The van der Waals surface area contributed by atoms with Gasteiger partial charge in [-0.1, -0.05) is 55.8 Å². The maximum atomic E-state index is 6.38. The van der Waals surface area contributed by atoms with Crippen LogP contribution in [0.2, 0.25) is 0 Å². The second-order valence-electron chi connectivity index (χ2n) is 4.71. The van der Waals surface area contributed by atoms with E-state index in [9.17, 15) is 0 Å². The fraction of sp³-hybridized carbons (Fsp3) is 0.294. The molecule has 0 aliphatic carbocycles. The van der Waals surface area contributed by atoms with Gasteiger partial charge >= 0.3 is 0 Å². The predicted octanol–water partition coefficient (Wildman–Crippen LogP) is 3.70. The minimum absolute atomic E-state index is 0.145. The number of methoxy groups -OCH3 is 1. The lowest BCUT2D eigenvalue weighted by molar-refractivity contribution is 0.408. The van der Waals surface area contributed by atoms with Crippen molar-refractivity contribution in [2.24, 2.45) is 5.73 Å². The molecule has 0 amide bonds. The van der Waals surface area contributed by atoms with Crippen molar-refractivity contribution in [3.05, 3.63) is 65.2 Å². The largest absolute Gasteiger partial charge is 0.496 e.